The fourth-order valence-electron chi connectivity index (χ4n) is 3.20. The number of carbonyl (C=O) groups is 1. The highest BCUT2D eigenvalue weighted by Crippen LogP contribution is 2.18. The smallest absolute Gasteiger partial charge is 0.338 e. The maximum absolute atomic E-state index is 13.2. The predicted molar refractivity (Wildman–Crippen MR) is 126 cm³/mol. The van der Waals surface area contributed by atoms with Crippen LogP contribution in [0.2, 0.25) is 0 Å². The molecule has 2 aromatic carbocycles. The van der Waals surface area contributed by atoms with E-state index in [1.54, 1.807) is 12.1 Å². The Balaban J connectivity index is 1.76. The Hall–Kier alpha value is -4.05. The molecule has 178 valence electrons. The maximum Gasteiger partial charge on any atom is 0.338 e. The molecule has 0 aliphatic carbocycles. The number of H-pyrrole nitrogens is 1. The van der Waals surface area contributed by atoms with Crippen LogP contribution in [-0.2, 0) is 4.74 Å². The molecule has 0 spiro atoms. The summed E-state index contributed by atoms with van der Waals surface area (Å²) in [6.07, 6.45) is 1.10. The number of halogens is 1. The minimum absolute atomic E-state index is 0.165. The molecule has 1 heterocycles. The second kappa shape index (κ2) is 11.2. The van der Waals surface area contributed by atoms with Gasteiger partial charge in [-0.25, -0.2) is 18.5 Å². The number of aromatic amines is 1. The second-order valence-corrected chi connectivity index (χ2v) is 7.28. The number of aromatic nitrogens is 2. The number of aromatic hydroxyl groups is 1. The van der Waals surface area contributed by atoms with Crippen LogP contribution in [0.1, 0.15) is 29.8 Å². The lowest BCUT2D eigenvalue weighted by molar-refractivity contribution is 0.0466. The van der Waals surface area contributed by atoms with E-state index in [1.807, 2.05) is 13.8 Å². The summed E-state index contributed by atoms with van der Waals surface area (Å²) in [5, 5.41) is 10.5. The number of ether oxygens (including phenoxy) is 1. The first-order valence-corrected chi connectivity index (χ1v) is 10.7. The molecular formula is C24H25FN4O5. The standard InChI is InChI=1S/C24H25FN4O5/c1-3-28(4-2)13-14-34-23(32)16-5-9-18(10-6-16)26-15-20-21(30)27-24(33)29(22(20)31)19-11-7-17(25)8-12-19/h5-12,15,31H,3-4,13-14H2,1-2H3,(H,27,30,33). The van der Waals surface area contributed by atoms with Crippen LogP contribution in [0.15, 0.2) is 63.1 Å². The van der Waals surface area contributed by atoms with Gasteiger partial charge >= 0.3 is 11.7 Å². The molecule has 0 aliphatic rings. The first-order valence-electron chi connectivity index (χ1n) is 10.7. The van der Waals surface area contributed by atoms with Gasteiger partial charge < -0.3 is 14.7 Å². The molecule has 0 bridgehead atoms. The third-order valence-corrected chi connectivity index (χ3v) is 5.19. The average molecular weight is 468 g/mol. The molecule has 2 N–H and O–H groups in total. The third-order valence-electron chi connectivity index (χ3n) is 5.19. The number of esters is 1. The fraction of sp³-hybridized carbons (Fsp3) is 0.250. The van der Waals surface area contributed by atoms with Gasteiger partial charge in [-0.2, -0.15) is 0 Å². The van der Waals surface area contributed by atoms with E-state index in [4.69, 9.17) is 4.74 Å². The summed E-state index contributed by atoms with van der Waals surface area (Å²) in [6, 6.07) is 11.0. The lowest BCUT2D eigenvalue weighted by Crippen LogP contribution is -2.31. The van der Waals surface area contributed by atoms with E-state index in [0.717, 1.165) is 36.0 Å². The van der Waals surface area contributed by atoms with Gasteiger partial charge in [0.05, 0.1) is 16.9 Å². The number of hydrogen-bond acceptors (Lipinski definition) is 7. The van der Waals surface area contributed by atoms with Crippen molar-refractivity contribution in [2.75, 3.05) is 26.2 Å². The number of carbonyl (C=O) groups excluding carboxylic acids is 1. The number of nitrogens with one attached hydrogen (secondary N) is 1. The number of aliphatic imine (C=N–C) groups is 1. The van der Waals surface area contributed by atoms with Crippen LogP contribution < -0.4 is 11.2 Å². The molecule has 1 aromatic heterocycles. The highest BCUT2D eigenvalue weighted by atomic mass is 19.1. The van der Waals surface area contributed by atoms with Crippen LogP contribution in [0.4, 0.5) is 10.1 Å². The Morgan fingerprint density at radius 2 is 1.76 bits per heavy atom. The van der Waals surface area contributed by atoms with Gasteiger partial charge in [0.2, 0.25) is 5.88 Å². The first-order chi connectivity index (χ1) is 16.3. The van der Waals surface area contributed by atoms with Crippen molar-refractivity contribution in [2.24, 2.45) is 4.99 Å². The Morgan fingerprint density at radius 1 is 1.12 bits per heavy atom. The van der Waals surface area contributed by atoms with Crippen LogP contribution in [0.5, 0.6) is 5.88 Å². The van der Waals surface area contributed by atoms with Gasteiger partial charge in [-0.3, -0.25) is 14.8 Å². The molecule has 0 unspecified atom stereocenters. The molecule has 0 fully saturated rings. The number of rotatable bonds is 9. The van der Waals surface area contributed by atoms with Crippen molar-refractivity contribution in [1.29, 1.82) is 0 Å². The lowest BCUT2D eigenvalue weighted by atomic mass is 10.2. The molecule has 3 rings (SSSR count). The van der Waals surface area contributed by atoms with E-state index in [2.05, 4.69) is 14.9 Å². The number of benzene rings is 2. The Labute approximate surface area is 194 Å². The monoisotopic (exact) mass is 468 g/mol. The zero-order valence-electron chi connectivity index (χ0n) is 18.8. The number of hydrogen-bond donors (Lipinski definition) is 2. The molecule has 3 aromatic rings. The fourth-order valence-corrected chi connectivity index (χ4v) is 3.20. The van der Waals surface area contributed by atoms with Crippen molar-refractivity contribution in [2.45, 2.75) is 13.8 Å². The van der Waals surface area contributed by atoms with Crippen LogP contribution in [0, 0.1) is 5.82 Å². The SMILES string of the molecule is CCN(CC)CCOC(=O)c1ccc(N=Cc2c(O)n(-c3ccc(F)cc3)c(=O)[nH]c2=O)cc1. The number of nitrogens with zero attached hydrogens (tertiary/aromatic N) is 3. The summed E-state index contributed by atoms with van der Waals surface area (Å²) in [4.78, 5) is 45.0. The molecule has 10 heteroatoms. The molecule has 9 nitrogen and oxygen atoms in total. The summed E-state index contributed by atoms with van der Waals surface area (Å²) >= 11 is 0. The third kappa shape index (κ3) is 5.84. The topological polar surface area (TPSA) is 117 Å². The second-order valence-electron chi connectivity index (χ2n) is 7.28. The minimum Gasteiger partial charge on any atom is -0.493 e. The Morgan fingerprint density at radius 3 is 2.38 bits per heavy atom. The van der Waals surface area contributed by atoms with E-state index < -0.39 is 28.9 Å². The van der Waals surface area contributed by atoms with Gasteiger partial charge in [0.25, 0.3) is 5.56 Å². The van der Waals surface area contributed by atoms with Crippen molar-refractivity contribution < 1.29 is 19.0 Å². The highest BCUT2D eigenvalue weighted by Gasteiger charge is 2.14. The molecule has 0 atom stereocenters. The van der Waals surface area contributed by atoms with Crippen LogP contribution >= 0.6 is 0 Å². The molecule has 0 saturated carbocycles. The Bertz CT molecular complexity index is 1280. The van der Waals surface area contributed by atoms with E-state index in [1.165, 1.54) is 24.3 Å². The highest BCUT2D eigenvalue weighted by molar-refractivity contribution is 5.90. The molecule has 0 amide bonds. The summed E-state index contributed by atoms with van der Waals surface area (Å²) in [7, 11) is 0. The number of likely N-dealkylation sites (N-methyl/N-ethyl adjacent to an activating group) is 1. The van der Waals surface area contributed by atoms with Gasteiger partial charge in [0.1, 0.15) is 18.0 Å². The Kier molecular flexibility index (Phi) is 8.10. The van der Waals surface area contributed by atoms with Gasteiger partial charge in [-0.15, -0.1) is 0 Å². The van der Waals surface area contributed by atoms with Crippen molar-refractivity contribution >= 4 is 17.9 Å². The van der Waals surface area contributed by atoms with Crippen LogP contribution in [-0.4, -0.2) is 58.0 Å². The van der Waals surface area contributed by atoms with Gasteiger partial charge in [-0.05, 0) is 61.6 Å². The normalized spacial score (nSPS) is 11.3. The van der Waals surface area contributed by atoms with Crippen molar-refractivity contribution in [3.05, 3.63) is 86.3 Å². The van der Waals surface area contributed by atoms with E-state index in [9.17, 15) is 23.9 Å². The first kappa shape index (κ1) is 24.6. The van der Waals surface area contributed by atoms with Crippen molar-refractivity contribution in [3.8, 4) is 11.6 Å². The summed E-state index contributed by atoms with van der Waals surface area (Å²) in [5.74, 6) is -1.61. The van der Waals surface area contributed by atoms with Crippen molar-refractivity contribution in [3.63, 3.8) is 0 Å². The van der Waals surface area contributed by atoms with E-state index in [-0.39, 0.29) is 17.9 Å². The zero-order chi connectivity index (χ0) is 24.7. The van der Waals surface area contributed by atoms with Gasteiger partial charge in [0, 0.05) is 12.8 Å². The van der Waals surface area contributed by atoms with Gasteiger partial charge in [-0.1, -0.05) is 13.8 Å². The lowest BCUT2D eigenvalue weighted by Gasteiger charge is -2.17. The maximum atomic E-state index is 13.2. The quantitative estimate of drug-likeness (QED) is 0.368. The van der Waals surface area contributed by atoms with Gasteiger partial charge in [0.15, 0.2) is 0 Å². The molecule has 34 heavy (non-hydrogen) atoms. The average Bonchev–Trinajstić information content (AvgIpc) is 2.83. The summed E-state index contributed by atoms with van der Waals surface area (Å²) in [6.45, 7) is 6.76. The largest absolute Gasteiger partial charge is 0.493 e. The predicted octanol–water partition coefficient (Wildman–Crippen LogP) is 2.62. The van der Waals surface area contributed by atoms with Crippen LogP contribution in [0.3, 0.4) is 0 Å². The molecule has 0 saturated heterocycles. The zero-order valence-corrected chi connectivity index (χ0v) is 18.8. The van der Waals surface area contributed by atoms with Crippen molar-refractivity contribution in [1.82, 2.24) is 14.5 Å². The molecule has 0 radical (unpaired) electrons. The summed E-state index contributed by atoms with van der Waals surface area (Å²) in [5.41, 5.74) is -1.06. The summed E-state index contributed by atoms with van der Waals surface area (Å²) < 4.78 is 19.3. The van der Waals surface area contributed by atoms with E-state index in [0.29, 0.717) is 17.8 Å². The van der Waals surface area contributed by atoms with Crippen LogP contribution in [0.25, 0.3) is 5.69 Å². The molecular weight excluding hydrogens is 443 g/mol. The van der Waals surface area contributed by atoms with E-state index >= 15 is 0 Å². The minimum atomic E-state index is -0.880. The molecule has 0 aliphatic heterocycles.